The van der Waals surface area contributed by atoms with E-state index in [0.717, 1.165) is 30.8 Å². The quantitative estimate of drug-likeness (QED) is 0.483. The van der Waals surface area contributed by atoms with Gasteiger partial charge in [0, 0.05) is 34.6 Å². The number of benzene rings is 2. The second kappa shape index (κ2) is 8.07. The molecule has 4 heteroatoms. The summed E-state index contributed by atoms with van der Waals surface area (Å²) in [7, 11) is 4.24. The Balaban J connectivity index is 1.52. The summed E-state index contributed by atoms with van der Waals surface area (Å²) in [5.41, 5.74) is 6.34. The third kappa shape index (κ3) is 4.29. The van der Waals surface area contributed by atoms with Gasteiger partial charge in [-0.1, -0.05) is 30.3 Å². The molecule has 0 radical (unpaired) electrons. The van der Waals surface area contributed by atoms with Crippen molar-refractivity contribution in [2.45, 2.75) is 19.3 Å². The molecule has 0 amide bonds. The number of thiazole rings is 1. The summed E-state index contributed by atoms with van der Waals surface area (Å²) in [6.45, 7) is 1.05. The van der Waals surface area contributed by atoms with E-state index in [2.05, 4.69) is 84.1 Å². The molecule has 0 saturated heterocycles. The Morgan fingerprint density at radius 1 is 1.00 bits per heavy atom. The number of likely N-dealkylation sites (N-methyl/N-ethyl adjacent to an activating group) is 1. The third-order valence-corrected chi connectivity index (χ3v) is 5.85. The summed E-state index contributed by atoms with van der Waals surface area (Å²) in [4.78, 5) is 10.5. The topological polar surface area (TPSA) is 31.9 Å². The van der Waals surface area contributed by atoms with Crippen molar-refractivity contribution >= 4 is 22.2 Å². The van der Waals surface area contributed by atoms with E-state index >= 15 is 0 Å². The lowest BCUT2D eigenvalue weighted by molar-refractivity contribution is 0.414. The van der Waals surface area contributed by atoms with Crippen LogP contribution in [0.25, 0.3) is 21.5 Å². The minimum absolute atomic E-state index is 0.987. The van der Waals surface area contributed by atoms with Gasteiger partial charge in [0.05, 0.1) is 5.69 Å². The zero-order chi connectivity index (χ0) is 18.6. The molecule has 2 aromatic carbocycles. The summed E-state index contributed by atoms with van der Waals surface area (Å²) in [6, 6.07) is 17.3. The van der Waals surface area contributed by atoms with Gasteiger partial charge in [-0.2, -0.15) is 0 Å². The first kappa shape index (κ1) is 18.0. The highest BCUT2D eigenvalue weighted by Gasteiger charge is 2.09. The average molecular weight is 376 g/mol. The van der Waals surface area contributed by atoms with Crippen molar-refractivity contribution in [2.75, 3.05) is 20.6 Å². The second-order valence-electron chi connectivity index (χ2n) is 7.26. The van der Waals surface area contributed by atoms with E-state index < -0.39 is 0 Å². The van der Waals surface area contributed by atoms with Crippen molar-refractivity contribution < 1.29 is 0 Å². The molecule has 3 nitrogen and oxygen atoms in total. The number of aryl methyl sites for hydroxylation is 2. The van der Waals surface area contributed by atoms with Gasteiger partial charge in [-0.25, -0.2) is 4.98 Å². The van der Waals surface area contributed by atoms with Crippen LogP contribution >= 0.6 is 11.3 Å². The van der Waals surface area contributed by atoms with Crippen LogP contribution in [0, 0.1) is 0 Å². The fraction of sp³-hybridized carbons (Fsp3) is 0.261. The Hall–Kier alpha value is -2.43. The number of nitrogens with one attached hydrogen (secondary N) is 1. The van der Waals surface area contributed by atoms with Crippen LogP contribution < -0.4 is 0 Å². The first-order chi connectivity index (χ1) is 13.2. The van der Waals surface area contributed by atoms with Crippen LogP contribution in [0.4, 0.5) is 0 Å². The van der Waals surface area contributed by atoms with Gasteiger partial charge in [-0.05, 0) is 62.7 Å². The van der Waals surface area contributed by atoms with Crippen LogP contribution in [0.2, 0.25) is 0 Å². The molecule has 2 aromatic heterocycles. The molecule has 0 aliphatic heterocycles. The molecule has 0 aliphatic rings. The number of rotatable bonds is 7. The van der Waals surface area contributed by atoms with Crippen LogP contribution in [-0.2, 0) is 19.3 Å². The molecule has 27 heavy (non-hydrogen) atoms. The van der Waals surface area contributed by atoms with Gasteiger partial charge in [-0.15, -0.1) is 11.3 Å². The second-order valence-corrected chi connectivity index (χ2v) is 8.12. The molecular weight excluding hydrogens is 350 g/mol. The molecule has 1 N–H and O–H groups in total. The lowest BCUT2D eigenvalue weighted by atomic mass is 10.1. The monoisotopic (exact) mass is 375 g/mol. The van der Waals surface area contributed by atoms with E-state index in [4.69, 9.17) is 4.98 Å². The van der Waals surface area contributed by atoms with E-state index in [0.29, 0.717) is 0 Å². The molecule has 0 spiro atoms. The van der Waals surface area contributed by atoms with E-state index in [1.807, 2.05) is 0 Å². The highest BCUT2D eigenvalue weighted by Crippen LogP contribution is 2.29. The standard InChI is InChI=1S/C23H25N3S/c1-26(2)13-12-19-15-24-22-11-9-18(14-21(19)22)23-25-20(16-27-23)10-8-17-6-4-3-5-7-17/h3-7,9,11,14-16,24H,8,10,12-13H2,1-2H3. The Bertz CT molecular complexity index is 1010. The largest absolute Gasteiger partial charge is 0.361 e. The first-order valence-electron chi connectivity index (χ1n) is 9.42. The van der Waals surface area contributed by atoms with Gasteiger partial charge >= 0.3 is 0 Å². The zero-order valence-electron chi connectivity index (χ0n) is 15.9. The van der Waals surface area contributed by atoms with Crippen LogP contribution in [0.1, 0.15) is 16.8 Å². The summed E-state index contributed by atoms with van der Waals surface area (Å²) >= 11 is 1.74. The normalized spacial score (nSPS) is 11.5. The minimum atomic E-state index is 0.987. The lowest BCUT2D eigenvalue weighted by Crippen LogP contribution is -2.14. The Kier molecular flexibility index (Phi) is 5.37. The molecule has 0 saturated carbocycles. The number of fused-ring (bicyclic) bond motifs is 1. The maximum atomic E-state index is 4.89. The van der Waals surface area contributed by atoms with Gasteiger partial charge < -0.3 is 9.88 Å². The van der Waals surface area contributed by atoms with Crippen LogP contribution in [0.3, 0.4) is 0 Å². The zero-order valence-corrected chi connectivity index (χ0v) is 16.7. The summed E-state index contributed by atoms with van der Waals surface area (Å²) in [5.74, 6) is 0. The van der Waals surface area contributed by atoms with Crippen molar-refractivity contribution in [2.24, 2.45) is 0 Å². The number of H-pyrrole nitrogens is 1. The SMILES string of the molecule is CN(C)CCc1c[nH]c2ccc(-c3nc(CCc4ccccc4)cs3)cc12. The number of nitrogens with zero attached hydrogens (tertiary/aromatic N) is 2. The molecule has 0 bridgehead atoms. The summed E-state index contributed by atoms with van der Waals surface area (Å²) < 4.78 is 0. The van der Waals surface area contributed by atoms with E-state index in [-0.39, 0.29) is 0 Å². The summed E-state index contributed by atoms with van der Waals surface area (Å²) in [5, 5.41) is 4.63. The Morgan fingerprint density at radius 3 is 2.67 bits per heavy atom. The highest BCUT2D eigenvalue weighted by atomic mass is 32.1. The van der Waals surface area contributed by atoms with Gasteiger partial charge in [0.1, 0.15) is 5.01 Å². The molecule has 4 rings (SSSR count). The third-order valence-electron chi connectivity index (χ3n) is 4.91. The van der Waals surface area contributed by atoms with E-state index in [1.165, 1.54) is 33.3 Å². The van der Waals surface area contributed by atoms with Crippen molar-refractivity contribution in [3.05, 3.63) is 76.9 Å². The predicted octanol–water partition coefficient (Wildman–Crippen LogP) is 5.18. The fourth-order valence-corrected chi connectivity index (χ4v) is 4.19. The van der Waals surface area contributed by atoms with Crippen LogP contribution in [0.5, 0.6) is 0 Å². The number of hydrogen-bond donors (Lipinski definition) is 1. The van der Waals surface area contributed by atoms with Crippen molar-refractivity contribution in [3.8, 4) is 10.6 Å². The van der Waals surface area contributed by atoms with Crippen molar-refractivity contribution in [3.63, 3.8) is 0 Å². The van der Waals surface area contributed by atoms with Gasteiger partial charge in [-0.3, -0.25) is 0 Å². The minimum Gasteiger partial charge on any atom is -0.361 e. The Labute approximate surface area is 164 Å². The Morgan fingerprint density at radius 2 is 1.85 bits per heavy atom. The molecule has 4 aromatic rings. The fourth-order valence-electron chi connectivity index (χ4n) is 3.33. The molecule has 138 valence electrons. The molecule has 0 fully saturated rings. The van der Waals surface area contributed by atoms with Crippen molar-refractivity contribution in [1.82, 2.24) is 14.9 Å². The molecular formula is C23H25N3S. The molecule has 2 heterocycles. The highest BCUT2D eigenvalue weighted by molar-refractivity contribution is 7.13. The number of aromatic amines is 1. The maximum absolute atomic E-state index is 4.89. The molecule has 0 aliphatic carbocycles. The number of aromatic nitrogens is 2. The first-order valence-corrected chi connectivity index (χ1v) is 10.3. The summed E-state index contributed by atoms with van der Waals surface area (Å²) in [6.07, 6.45) is 5.22. The molecule has 0 atom stereocenters. The van der Waals surface area contributed by atoms with Gasteiger partial charge in [0.25, 0.3) is 0 Å². The van der Waals surface area contributed by atoms with Crippen LogP contribution in [-0.4, -0.2) is 35.5 Å². The van der Waals surface area contributed by atoms with Crippen molar-refractivity contribution in [1.29, 1.82) is 0 Å². The van der Waals surface area contributed by atoms with Gasteiger partial charge in [0.2, 0.25) is 0 Å². The smallest absolute Gasteiger partial charge is 0.123 e. The molecule has 0 unspecified atom stereocenters. The lowest BCUT2D eigenvalue weighted by Gasteiger charge is -2.08. The predicted molar refractivity (Wildman–Crippen MR) is 116 cm³/mol. The van der Waals surface area contributed by atoms with Crippen LogP contribution in [0.15, 0.2) is 60.1 Å². The van der Waals surface area contributed by atoms with E-state index in [9.17, 15) is 0 Å². The number of hydrogen-bond acceptors (Lipinski definition) is 3. The van der Waals surface area contributed by atoms with E-state index in [1.54, 1.807) is 11.3 Å². The maximum Gasteiger partial charge on any atom is 0.123 e. The average Bonchev–Trinajstić information content (AvgIpc) is 3.32. The van der Waals surface area contributed by atoms with Gasteiger partial charge in [0.15, 0.2) is 0 Å².